The Labute approximate surface area is 105 Å². The first-order valence-electron chi connectivity index (χ1n) is 5.19. The molecule has 4 nitrogen and oxygen atoms in total. The monoisotopic (exact) mass is 266 g/mol. The third-order valence-corrected chi connectivity index (χ3v) is 3.70. The first-order chi connectivity index (χ1) is 8.49. The van der Waals surface area contributed by atoms with Crippen LogP contribution in [0.2, 0.25) is 0 Å². The summed E-state index contributed by atoms with van der Waals surface area (Å²) >= 11 is 0. The van der Waals surface area contributed by atoms with Crippen molar-refractivity contribution in [3.63, 3.8) is 0 Å². The van der Waals surface area contributed by atoms with Gasteiger partial charge in [0, 0.05) is 6.20 Å². The third-order valence-electron chi connectivity index (χ3n) is 2.34. The molecule has 0 fully saturated rings. The second-order valence-electron chi connectivity index (χ2n) is 3.73. The summed E-state index contributed by atoms with van der Waals surface area (Å²) in [5, 5.41) is 0. The van der Waals surface area contributed by atoms with Crippen LogP contribution in [-0.2, 0) is 10.0 Å². The van der Waals surface area contributed by atoms with Gasteiger partial charge in [-0.15, -0.1) is 0 Å². The topological polar surface area (TPSA) is 59.1 Å². The number of nitrogens with zero attached hydrogens (tertiary/aromatic N) is 1. The molecule has 0 aliphatic carbocycles. The highest BCUT2D eigenvalue weighted by Gasteiger charge is 2.15. The Hall–Kier alpha value is -1.95. The van der Waals surface area contributed by atoms with E-state index in [-0.39, 0.29) is 16.3 Å². The van der Waals surface area contributed by atoms with E-state index in [0.29, 0.717) is 0 Å². The largest absolute Gasteiger partial charge is 0.263 e. The van der Waals surface area contributed by atoms with E-state index in [0.717, 1.165) is 6.07 Å². The van der Waals surface area contributed by atoms with Crippen LogP contribution in [0.3, 0.4) is 0 Å². The molecule has 6 heteroatoms. The molecule has 1 aromatic heterocycles. The summed E-state index contributed by atoms with van der Waals surface area (Å²) in [7, 11) is -3.73. The summed E-state index contributed by atoms with van der Waals surface area (Å²) in [5.41, 5.74) is 0.277. The van der Waals surface area contributed by atoms with Gasteiger partial charge in [-0.25, -0.2) is 17.8 Å². The number of halogens is 1. The Balaban J connectivity index is 2.34. The van der Waals surface area contributed by atoms with E-state index in [1.807, 2.05) is 0 Å². The molecule has 0 amide bonds. The predicted octanol–water partition coefficient (Wildman–Crippen LogP) is 2.33. The minimum Gasteiger partial charge on any atom is -0.263 e. The number of aromatic nitrogens is 1. The molecule has 0 unspecified atom stereocenters. The summed E-state index contributed by atoms with van der Waals surface area (Å²) in [5.74, 6) is -0.216. The van der Waals surface area contributed by atoms with Crippen LogP contribution in [0.4, 0.5) is 10.2 Å². The molecule has 0 bridgehead atoms. The maximum atomic E-state index is 13.1. The van der Waals surface area contributed by atoms with Gasteiger partial charge in [0.1, 0.15) is 11.6 Å². The zero-order chi connectivity index (χ0) is 13.2. The molecule has 0 radical (unpaired) electrons. The number of aryl methyl sites for hydroxylation is 1. The fourth-order valence-corrected chi connectivity index (χ4v) is 2.50. The summed E-state index contributed by atoms with van der Waals surface area (Å²) < 4.78 is 39.4. The van der Waals surface area contributed by atoms with E-state index in [9.17, 15) is 12.8 Å². The van der Waals surface area contributed by atoms with Crippen molar-refractivity contribution in [2.75, 3.05) is 4.72 Å². The average molecular weight is 266 g/mol. The van der Waals surface area contributed by atoms with Crippen molar-refractivity contribution >= 4 is 15.8 Å². The molecule has 1 aromatic carbocycles. The molecular weight excluding hydrogens is 255 g/mol. The lowest BCUT2D eigenvalue weighted by atomic mass is 10.2. The molecule has 1 N–H and O–H groups in total. The van der Waals surface area contributed by atoms with Crippen molar-refractivity contribution in [3.05, 3.63) is 54.0 Å². The Kier molecular flexibility index (Phi) is 3.29. The zero-order valence-electron chi connectivity index (χ0n) is 9.59. The van der Waals surface area contributed by atoms with Crippen LogP contribution in [0.1, 0.15) is 5.56 Å². The lowest BCUT2D eigenvalue weighted by molar-refractivity contribution is 0.598. The molecule has 0 saturated heterocycles. The molecule has 0 atom stereocenters. The Morgan fingerprint density at radius 3 is 2.61 bits per heavy atom. The number of hydrogen-bond acceptors (Lipinski definition) is 3. The molecule has 94 valence electrons. The van der Waals surface area contributed by atoms with Gasteiger partial charge in [-0.2, -0.15) is 0 Å². The van der Waals surface area contributed by atoms with Gasteiger partial charge in [-0.3, -0.25) is 4.72 Å². The van der Waals surface area contributed by atoms with Crippen LogP contribution in [0.25, 0.3) is 0 Å². The number of sulfonamides is 1. The Morgan fingerprint density at radius 2 is 2.00 bits per heavy atom. The summed E-state index contributed by atoms with van der Waals surface area (Å²) in [6.07, 6.45) is 1.48. The Morgan fingerprint density at radius 1 is 1.22 bits per heavy atom. The van der Waals surface area contributed by atoms with Crippen molar-refractivity contribution in [2.45, 2.75) is 11.8 Å². The number of anilines is 1. The quantitative estimate of drug-likeness (QED) is 0.927. The summed E-state index contributed by atoms with van der Waals surface area (Å²) in [6.45, 7) is 1.51. The van der Waals surface area contributed by atoms with Crippen LogP contribution in [-0.4, -0.2) is 13.4 Å². The molecule has 0 saturated carbocycles. The fourth-order valence-electron chi connectivity index (χ4n) is 1.40. The van der Waals surface area contributed by atoms with Crippen LogP contribution in [0, 0.1) is 12.7 Å². The van der Waals surface area contributed by atoms with E-state index in [1.54, 1.807) is 12.1 Å². The first-order valence-corrected chi connectivity index (χ1v) is 6.67. The van der Waals surface area contributed by atoms with Crippen molar-refractivity contribution in [1.29, 1.82) is 0 Å². The standard InChI is InChI=1S/C12H11FN2O2S/c1-9-8-10(5-6-11(9)13)18(16,17)15-12-4-2-3-7-14-12/h2-8H,1H3,(H,14,15). The molecule has 18 heavy (non-hydrogen) atoms. The summed E-state index contributed by atoms with van der Waals surface area (Å²) in [4.78, 5) is 3.87. The molecule has 2 rings (SSSR count). The van der Waals surface area contributed by atoms with E-state index in [4.69, 9.17) is 0 Å². The first kappa shape index (κ1) is 12.5. The smallest absolute Gasteiger partial charge is 0.263 e. The lowest BCUT2D eigenvalue weighted by Crippen LogP contribution is -2.14. The number of hydrogen-bond donors (Lipinski definition) is 1. The van der Waals surface area contributed by atoms with E-state index < -0.39 is 15.8 Å². The van der Waals surface area contributed by atoms with Crippen molar-refractivity contribution in [2.24, 2.45) is 0 Å². The third kappa shape index (κ3) is 2.65. The average Bonchev–Trinajstić information content (AvgIpc) is 2.33. The molecule has 0 aliphatic heterocycles. The SMILES string of the molecule is Cc1cc(S(=O)(=O)Nc2ccccn2)ccc1F. The zero-order valence-corrected chi connectivity index (χ0v) is 10.4. The number of benzene rings is 1. The van der Waals surface area contributed by atoms with E-state index in [1.165, 1.54) is 31.3 Å². The predicted molar refractivity (Wildman–Crippen MR) is 66.2 cm³/mol. The lowest BCUT2D eigenvalue weighted by Gasteiger charge is -2.07. The normalized spacial score (nSPS) is 11.2. The summed E-state index contributed by atoms with van der Waals surface area (Å²) in [6, 6.07) is 8.51. The highest BCUT2D eigenvalue weighted by atomic mass is 32.2. The van der Waals surface area contributed by atoms with Gasteiger partial charge in [0.2, 0.25) is 0 Å². The van der Waals surface area contributed by atoms with Crippen molar-refractivity contribution < 1.29 is 12.8 Å². The van der Waals surface area contributed by atoms with Gasteiger partial charge < -0.3 is 0 Å². The van der Waals surface area contributed by atoms with Crippen molar-refractivity contribution in [1.82, 2.24) is 4.98 Å². The van der Waals surface area contributed by atoms with Crippen LogP contribution >= 0.6 is 0 Å². The molecule has 1 heterocycles. The van der Waals surface area contributed by atoms with Gasteiger partial charge in [-0.1, -0.05) is 6.07 Å². The highest BCUT2D eigenvalue weighted by molar-refractivity contribution is 7.92. The van der Waals surface area contributed by atoms with E-state index >= 15 is 0 Å². The van der Waals surface area contributed by atoms with Crippen LogP contribution < -0.4 is 4.72 Å². The second kappa shape index (κ2) is 4.73. The maximum absolute atomic E-state index is 13.1. The molecule has 0 spiro atoms. The minimum absolute atomic E-state index is 0.00653. The molecule has 0 aliphatic rings. The minimum atomic E-state index is -3.73. The second-order valence-corrected chi connectivity index (χ2v) is 5.41. The van der Waals surface area contributed by atoms with Gasteiger partial charge >= 0.3 is 0 Å². The number of rotatable bonds is 3. The molecular formula is C12H11FN2O2S. The van der Waals surface area contributed by atoms with E-state index in [2.05, 4.69) is 9.71 Å². The number of nitrogens with one attached hydrogen (secondary N) is 1. The maximum Gasteiger partial charge on any atom is 0.263 e. The molecule has 2 aromatic rings. The van der Waals surface area contributed by atoms with Crippen molar-refractivity contribution in [3.8, 4) is 0 Å². The highest BCUT2D eigenvalue weighted by Crippen LogP contribution is 2.17. The van der Waals surface area contributed by atoms with Gasteiger partial charge in [0.25, 0.3) is 10.0 Å². The van der Waals surface area contributed by atoms with Gasteiger partial charge in [0.05, 0.1) is 4.90 Å². The fraction of sp³-hybridized carbons (Fsp3) is 0.0833. The number of pyridine rings is 1. The van der Waals surface area contributed by atoms with Gasteiger partial charge in [-0.05, 0) is 42.8 Å². The Bertz CT molecular complexity index is 657. The van der Waals surface area contributed by atoms with Gasteiger partial charge in [0.15, 0.2) is 0 Å². The van der Waals surface area contributed by atoms with Crippen LogP contribution in [0.5, 0.6) is 0 Å². The van der Waals surface area contributed by atoms with Crippen LogP contribution in [0.15, 0.2) is 47.5 Å².